The predicted molar refractivity (Wildman–Crippen MR) is 77.9 cm³/mol. The predicted octanol–water partition coefficient (Wildman–Crippen LogP) is 6.56. The van der Waals surface area contributed by atoms with E-state index in [2.05, 4.69) is 13.8 Å². The van der Waals surface area contributed by atoms with E-state index in [1.54, 1.807) is 0 Å². The molecule has 0 heterocycles. The zero-order chi connectivity index (χ0) is 15.0. The van der Waals surface area contributed by atoms with Crippen molar-refractivity contribution in [3.8, 4) is 0 Å². The highest BCUT2D eigenvalue weighted by Gasteiger charge is 2.30. The SMILES string of the molecule is CCCCCCCC(CC)c1cccc(C(F)(F)F)c1. The van der Waals surface area contributed by atoms with Gasteiger partial charge >= 0.3 is 6.18 Å². The molecule has 0 aliphatic carbocycles. The Morgan fingerprint density at radius 3 is 2.30 bits per heavy atom. The van der Waals surface area contributed by atoms with Crippen LogP contribution in [0, 0.1) is 0 Å². The summed E-state index contributed by atoms with van der Waals surface area (Å²) in [6.07, 6.45) is 3.63. The molecule has 3 heteroatoms. The largest absolute Gasteiger partial charge is 0.416 e. The lowest BCUT2D eigenvalue weighted by molar-refractivity contribution is -0.137. The van der Waals surface area contributed by atoms with Gasteiger partial charge in [0.15, 0.2) is 0 Å². The Bertz CT molecular complexity index is 382. The summed E-state index contributed by atoms with van der Waals surface area (Å²) in [6, 6.07) is 5.82. The van der Waals surface area contributed by atoms with Gasteiger partial charge in [0.1, 0.15) is 0 Å². The van der Waals surface area contributed by atoms with Crippen molar-refractivity contribution in [2.45, 2.75) is 70.9 Å². The van der Waals surface area contributed by atoms with Crippen LogP contribution in [0.25, 0.3) is 0 Å². The van der Waals surface area contributed by atoms with Crippen LogP contribution in [0.5, 0.6) is 0 Å². The van der Waals surface area contributed by atoms with E-state index in [1.165, 1.54) is 37.8 Å². The fourth-order valence-corrected chi connectivity index (χ4v) is 2.57. The Morgan fingerprint density at radius 2 is 1.70 bits per heavy atom. The van der Waals surface area contributed by atoms with Gasteiger partial charge < -0.3 is 0 Å². The minimum atomic E-state index is -4.24. The zero-order valence-electron chi connectivity index (χ0n) is 12.5. The molecule has 20 heavy (non-hydrogen) atoms. The van der Waals surface area contributed by atoms with Gasteiger partial charge in [-0.25, -0.2) is 0 Å². The molecule has 0 aromatic heterocycles. The van der Waals surface area contributed by atoms with Gasteiger partial charge in [0, 0.05) is 0 Å². The summed E-state index contributed by atoms with van der Waals surface area (Å²) in [5.41, 5.74) is 0.303. The van der Waals surface area contributed by atoms with Gasteiger partial charge in [0.25, 0.3) is 0 Å². The maximum atomic E-state index is 12.7. The van der Waals surface area contributed by atoms with Gasteiger partial charge in [-0.05, 0) is 30.4 Å². The van der Waals surface area contributed by atoms with Crippen LogP contribution in [0.2, 0.25) is 0 Å². The van der Waals surface area contributed by atoms with E-state index in [-0.39, 0.29) is 5.92 Å². The van der Waals surface area contributed by atoms with Gasteiger partial charge in [-0.15, -0.1) is 0 Å². The van der Waals surface area contributed by atoms with Gasteiger partial charge in [0.2, 0.25) is 0 Å². The first-order valence-corrected chi connectivity index (χ1v) is 7.66. The normalized spacial score (nSPS) is 13.4. The highest BCUT2D eigenvalue weighted by Crippen LogP contribution is 2.33. The number of rotatable bonds is 8. The van der Waals surface area contributed by atoms with Crippen molar-refractivity contribution >= 4 is 0 Å². The fourth-order valence-electron chi connectivity index (χ4n) is 2.57. The van der Waals surface area contributed by atoms with Crippen LogP contribution in [0.1, 0.15) is 75.8 Å². The fraction of sp³-hybridized carbons (Fsp3) is 0.647. The molecule has 0 amide bonds. The van der Waals surface area contributed by atoms with Crippen LogP contribution in [-0.2, 0) is 6.18 Å². The van der Waals surface area contributed by atoms with Crippen molar-refractivity contribution < 1.29 is 13.2 Å². The molecule has 1 unspecified atom stereocenters. The Morgan fingerprint density at radius 1 is 1.00 bits per heavy atom. The summed E-state index contributed by atoms with van der Waals surface area (Å²) >= 11 is 0. The molecule has 0 radical (unpaired) electrons. The monoisotopic (exact) mass is 286 g/mol. The summed E-state index contributed by atoms with van der Waals surface area (Å²) in [4.78, 5) is 0. The number of hydrogen-bond donors (Lipinski definition) is 0. The van der Waals surface area contributed by atoms with Crippen molar-refractivity contribution in [2.75, 3.05) is 0 Å². The van der Waals surface area contributed by atoms with Crippen LogP contribution in [0.3, 0.4) is 0 Å². The van der Waals surface area contributed by atoms with Crippen LogP contribution >= 0.6 is 0 Å². The third-order valence-electron chi connectivity index (χ3n) is 3.83. The van der Waals surface area contributed by atoms with Crippen LogP contribution in [0.4, 0.5) is 13.2 Å². The smallest absolute Gasteiger partial charge is 0.166 e. The maximum absolute atomic E-state index is 12.7. The van der Waals surface area contributed by atoms with E-state index in [1.807, 2.05) is 6.07 Å². The molecule has 114 valence electrons. The minimum Gasteiger partial charge on any atom is -0.166 e. The van der Waals surface area contributed by atoms with Crippen LogP contribution < -0.4 is 0 Å². The average molecular weight is 286 g/mol. The summed E-state index contributed by atoms with van der Waals surface area (Å²) in [6.45, 7) is 4.23. The second kappa shape index (κ2) is 8.33. The highest BCUT2D eigenvalue weighted by atomic mass is 19.4. The Labute approximate surface area is 120 Å². The zero-order valence-corrected chi connectivity index (χ0v) is 12.5. The van der Waals surface area contributed by atoms with Crippen molar-refractivity contribution in [1.29, 1.82) is 0 Å². The summed E-state index contributed by atoms with van der Waals surface area (Å²) < 4.78 is 38.2. The Hall–Kier alpha value is -0.990. The van der Waals surface area contributed by atoms with Gasteiger partial charge in [0.05, 0.1) is 5.56 Å². The van der Waals surface area contributed by atoms with E-state index in [4.69, 9.17) is 0 Å². The van der Waals surface area contributed by atoms with E-state index >= 15 is 0 Å². The molecule has 0 nitrogen and oxygen atoms in total. The van der Waals surface area contributed by atoms with Gasteiger partial charge in [-0.2, -0.15) is 13.2 Å². The molecule has 1 rings (SSSR count). The third kappa shape index (κ3) is 5.56. The lowest BCUT2D eigenvalue weighted by Gasteiger charge is -2.17. The van der Waals surface area contributed by atoms with Crippen molar-refractivity contribution in [1.82, 2.24) is 0 Å². The van der Waals surface area contributed by atoms with E-state index in [0.717, 1.165) is 30.9 Å². The van der Waals surface area contributed by atoms with Crippen molar-refractivity contribution in [3.63, 3.8) is 0 Å². The topological polar surface area (TPSA) is 0 Å². The number of alkyl halides is 3. The van der Waals surface area contributed by atoms with Crippen LogP contribution in [-0.4, -0.2) is 0 Å². The Balaban J connectivity index is 2.61. The molecular weight excluding hydrogens is 261 g/mol. The average Bonchev–Trinajstić information content (AvgIpc) is 2.42. The molecular formula is C17H25F3. The van der Waals surface area contributed by atoms with Gasteiger partial charge in [-0.1, -0.05) is 64.2 Å². The standard InChI is InChI=1S/C17H25F3/c1-3-5-6-7-8-10-14(4-2)15-11-9-12-16(13-15)17(18,19)20/h9,11-14H,3-8,10H2,1-2H3. The third-order valence-corrected chi connectivity index (χ3v) is 3.83. The lowest BCUT2D eigenvalue weighted by atomic mass is 9.90. The molecule has 0 bridgehead atoms. The molecule has 1 aromatic carbocycles. The number of unbranched alkanes of at least 4 members (excludes halogenated alkanes) is 4. The molecule has 0 saturated heterocycles. The first kappa shape index (κ1) is 17.1. The highest BCUT2D eigenvalue weighted by molar-refractivity contribution is 5.28. The van der Waals surface area contributed by atoms with Crippen molar-refractivity contribution in [2.24, 2.45) is 0 Å². The summed E-state index contributed by atoms with van der Waals surface area (Å²) in [5.74, 6) is 0.249. The summed E-state index contributed by atoms with van der Waals surface area (Å²) in [7, 11) is 0. The van der Waals surface area contributed by atoms with Crippen molar-refractivity contribution in [3.05, 3.63) is 35.4 Å². The maximum Gasteiger partial charge on any atom is 0.416 e. The van der Waals surface area contributed by atoms with Crippen LogP contribution in [0.15, 0.2) is 24.3 Å². The molecule has 0 saturated carbocycles. The molecule has 1 atom stereocenters. The lowest BCUT2D eigenvalue weighted by Crippen LogP contribution is -2.07. The first-order valence-electron chi connectivity index (χ1n) is 7.66. The number of benzene rings is 1. The van der Waals surface area contributed by atoms with E-state index < -0.39 is 11.7 Å². The second-order valence-electron chi connectivity index (χ2n) is 5.43. The van der Waals surface area contributed by atoms with Gasteiger partial charge in [-0.3, -0.25) is 0 Å². The molecule has 0 aliphatic heterocycles. The molecule has 1 aromatic rings. The number of hydrogen-bond acceptors (Lipinski definition) is 0. The van der Waals surface area contributed by atoms with E-state index in [0.29, 0.717) is 0 Å². The molecule has 0 fully saturated rings. The Kier molecular flexibility index (Phi) is 7.11. The number of halogens is 3. The molecule has 0 N–H and O–H groups in total. The van der Waals surface area contributed by atoms with E-state index in [9.17, 15) is 13.2 Å². The summed E-state index contributed by atoms with van der Waals surface area (Å²) in [5, 5.41) is 0. The molecule has 0 spiro atoms. The quantitative estimate of drug-likeness (QED) is 0.475. The molecule has 0 aliphatic rings. The first-order chi connectivity index (χ1) is 9.49. The minimum absolute atomic E-state index is 0.249. The second-order valence-corrected chi connectivity index (χ2v) is 5.43.